The Bertz CT molecular complexity index is 610. The van der Waals surface area contributed by atoms with Crippen molar-refractivity contribution in [3.63, 3.8) is 0 Å². The fourth-order valence-corrected chi connectivity index (χ4v) is 3.34. The first-order valence-corrected chi connectivity index (χ1v) is 8.37. The summed E-state index contributed by atoms with van der Waals surface area (Å²) in [7, 11) is 1.78. The Morgan fingerprint density at radius 2 is 2.14 bits per heavy atom. The number of amides is 1. The van der Waals surface area contributed by atoms with Gasteiger partial charge in [0.05, 0.1) is 11.0 Å². The van der Waals surface area contributed by atoms with E-state index < -0.39 is 0 Å². The lowest BCUT2D eigenvalue weighted by Crippen LogP contribution is -2.39. The Morgan fingerprint density at radius 3 is 2.82 bits per heavy atom. The van der Waals surface area contributed by atoms with Gasteiger partial charge in [-0.2, -0.15) is 0 Å². The van der Waals surface area contributed by atoms with Crippen LogP contribution < -0.4 is 10.2 Å². The summed E-state index contributed by atoms with van der Waals surface area (Å²) in [5.41, 5.74) is 2.00. The fraction of sp³-hybridized carbons (Fsp3) is 0.353. The number of nitrogens with zero attached hydrogens (tertiary/aromatic N) is 1. The van der Waals surface area contributed by atoms with Gasteiger partial charge in [0, 0.05) is 31.6 Å². The van der Waals surface area contributed by atoms with Crippen LogP contribution in [0.15, 0.2) is 41.8 Å². The van der Waals surface area contributed by atoms with E-state index in [1.165, 1.54) is 17.0 Å². The van der Waals surface area contributed by atoms with Gasteiger partial charge < -0.3 is 15.0 Å². The van der Waals surface area contributed by atoms with Gasteiger partial charge in [-0.15, -0.1) is 11.3 Å². The van der Waals surface area contributed by atoms with Gasteiger partial charge in [0.2, 0.25) is 0 Å². The molecule has 0 radical (unpaired) electrons. The van der Waals surface area contributed by atoms with E-state index in [9.17, 15) is 4.79 Å². The quantitative estimate of drug-likeness (QED) is 0.937. The number of rotatable bonds is 4. The van der Waals surface area contributed by atoms with Gasteiger partial charge in [-0.3, -0.25) is 4.79 Å². The molecule has 0 spiro atoms. The molecule has 1 N–H and O–H groups in total. The number of methoxy groups -OCH3 is 1. The number of thiophene rings is 1. The van der Waals surface area contributed by atoms with Crippen molar-refractivity contribution in [3.8, 4) is 0 Å². The average molecular weight is 316 g/mol. The molecule has 1 aromatic carbocycles. The summed E-state index contributed by atoms with van der Waals surface area (Å²) in [5, 5.41) is 4.83. The number of nitrogens with one attached hydrogen (secondary N) is 1. The molecule has 0 saturated carbocycles. The summed E-state index contributed by atoms with van der Waals surface area (Å²) in [6.45, 7) is 1.98. The minimum Gasteiger partial charge on any atom is -0.380 e. The molecule has 2 heterocycles. The molecule has 1 saturated heterocycles. The molecule has 1 atom stereocenters. The first-order chi connectivity index (χ1) is 10.8. The summed E-state index contributed by atoms with van der Waals surface area (Å²) in [4.78, 5) is 15.1. The summed E-state index contributed by atoms with van der Waals surface area (Å²) in [5.74, 6) is -0.0554. The smallest absolute Gasteiger partial charge is 0.265 e. The molecular weight excluding hydrogens is 296 g/mol. The molecule has 5 heteroatoms. The van der Waals surface area contributed by atoms with Crippen LogP contribution in [-0.4, -0.2) is 32.2 Å². The minimum atomic E-state index is -0.0554. The lowest BCUT2D eigenvalue weighted by atomic mass is 10.1. The van der Waals surface area contributed by atoms with Crippen molar-refractivity contribution < 1.29 is 9.53 Å². The fourth-order valence-electron chi connectivity index (χ4n) is 2.72. The molecule has 1 aliphatic heterocycles. The summed E-state index contributed by atoms with van der Waals surface area (Å²) < 4.78 is 5.46. The Kier molecular flexibility index (Phi) is 4.75. The second-order valence-electron chi connectivity index (χ2n) is 5.42. The molecule has 0 aliphatic carbocycles. The number of carbonyl (C=O) groups excluding carboxylic acids is 1. The van der Waals surface area contributed by atoms with E-state index in [1.807, 2.05) is 29.6 Å². The SMILES string of the molecule is COC1CCCN(c2ccc(NC(=O)c3cccs3)cc2)C1. The number of ether oxygens (including phenoxy) is 1. The van der Waals surface area contributed by atoms with Crippen molar-refractivity contribution in [3.05, 3.63) is 46.7 Å². The molecule has 116 valence electrons. The third-order valence-electron chi connectivity index (χ3n) is 3.95. The Hall–Kier alpha value is -1.85. The standard InChI is InChI=1S/C17H20N2O2S/c1-21-15-4-2-10-19(12-15)14-8-6-13(7-9-14)18-17(20)16-5-3-11-22-16/h3,5-9,11,15H,2,4,10,12H2,1H3,(H,18,20). The van der Waals surface area contributed by atoms with E-state index >= 15 is 0 Å². The number of piperidine rings is 1. The maximum Gasteiger partial charge on any atom is 0.265 e. The molecule has 1 unspecified atom stereocenters. The maximum atomic E-state index is 12.0. The van der Waals surface area contributed by atoms with Crippen LogP contribution >= 0.6 is 11.3 Å². The lowest BCUT2D eigenvalue weighted by molar-refractivity contribution is 0.0893. The Balaban J connectivity index is 1.64. The van der Waals surface area contributed by atoms with Crippen molar-refractivity contribution >= 4 is 28.6 Å². The van der Waals surface area contributed by atoms with Crippen LogP contribution in [0.3, 0.4) is 0 Å². The van der Waals surface area contributed by atoms with Crippen LogP contribution in [0.25, 0.3) is 0 Å². The highest BCUT2D eigenvalue weighted by molar-refractivity contribution is 7.12. The van der Waals surface area contributed by atoms with Gasteiger partial charge in [0.1, 0.15) is 0 Å². The third kappa shape index (κ3) is 3.48. The zero-order chi connectivity index (χ0) is 15.4. The zero-order valence-electron chi connectivity index (χ0n) is 12.6. The van der Waals surface area contributed by atoms with Crippen molar-refractivity contribution in [2.75, 3.05) is 30.4 Å². The lowest BCUT2D eigenvalue weighted by Gasteiger charge is -2.33. The van der Waals surface area contributed by atoms with Crippen molar-refractivity contribution in [2.45, 2.75) is 18.9 Å². The molecular formula is C17H20N2O2S. The van der Waals surface area contributed by atoms with Gasteiger partial charge in [-0.05, 0) is 48.6 Å². The number of benzene rings is 1. The van der Waals surface area contributed by atoms with Gasteiger partial charge >= 0.3 is 0 Å². The molecule has 0 bridgehead atoms. The van der Waals surface area contributed by atoms with Crippen LogP contribution in [0.1, 0.15) is 22.5 Å². The van der Waals surface area contributed by atoms with Gasteiger partial charge in [0.15, 0.2) is 0 Å². The second-order valence-corrected chi connectivity index (χ2v) is 6.37. The second kappa shape index (κ2) is 6.94. The topological polar surface area (TPSA) is 41.6 Å². The number of hydrogen-bond acceptors (Lipinski definition) is 4. The first kappa shape index (κ1) is 15.1. The molecule has 1 amide bonds. The summed E-state index contributed by atoms with van der Waals surface area (Å²) >= 11 is 1.44. The number of hydrogen-bond donors (Lipinski definition) is 1. The maximum absolute atomic E-state index is 12.0. The summed E-state index contributed by atoms with van der Waals surface area (Å²) in [6, 6.07) is 11.7. The Morgan fingerprint density at radius 1 is 1.32 bits per heavy atom. The highest BCUT2D eigenvalue weighted by atomic mass is 32.1. The minimum absolute atomic E-state index is 0.0554. The van der Waals surface area contributed by atoms with Gasteiger partial charge in [-0.1, -0.05) is 6.07 Å². The van der Waals surface area contributed by atoms with E-state index in [-0.39, 0.29) is 5.91 Å². The zero-order valence-corrected chi connectivity index (χ0v) is 13.4. The van der Waals surface area contributed by atoms with E-state index in [1.54, 1.807) is 7.11 Å². The molecule has 22 heavy (non-hydrogen) atoms. The van der Waals surface area contributed by atoms with E-state index in [0.717, 1.165) is 36.5 Å². The monoisotopic (exact) mass is 316 g/mol. The molecule has 3 rings (SSSR count). The first-order valence-electron chi connectivity index (χ1n) is 7.49. The largest absolute Gasteiger partial charge is 0.380 e. The van der Waals surface area contributed by atoms with E-state index in [0.29, 0.717) is 6.10 Å². The van der Waals surface area contributed by atoms with Crippen LogP contribution in [-0.2, 0) is 4.74 Å². The van der Waals surface area contributed by atoms with Crippen molar-refractivity contribution in [1.29, 1.82) is 0 Å². The number of carbonyl (C=O) groups is 1. The molecule has 2 aromatic rings. The van der Waals surface area contributed by atoms with Crippen molar-refractivity contribution in [1.82, 2.24) is 0 Å². The van der Waals surface area contributed by atoms with E-state index in [4.69, 9.17) is 4.74 Å². The Labute approximate surface area is 134 Å². The van der Waals surface area contributed by atoms with Gasteiger partial charge in [0.25, 0.3) is 5.91 Å². The predicted octanol–water partition coefficient (Wildman–Crippen LogP) is 3.62. The molecule has 1 aromatic heterocycles. The number of anilines is 2. The highest BCUT2D eigenvalue weighted by Gasteiger charge is 2.19. The predicted molar refractivity (Wildman–Crippen MR) is 91.0 cm³/mol. The normalized spacial score (nSPS) is 18.2. The van der Waals surface area contributed by atoms with Crippen LogP contribution in [0, 0.1) is 0 Å². The van der Waals surface area contributed by atoms with Crippen LogP contribution in [0.5, 0.6) is 0 Å². The molecule has 1 aliphatic rings. The van der Waals surface area contributed by atoms with E-state index in [2.05, 4.69) is 22.3 Å². The average Bonchev–Trinajstić information content (AvgIpc) is 3.10. The van der Waals surface area contributed by atoms with Crippen LogP contribution in [0.4, 0.5) is 11.4 Å². The molecule has 4 nitrogen and oxygen atoms in total. The third-order valence-corrected chi connectivity index (χ3v) is 4.82. The van der Waals surface area contributed by atoms with Crippen molar-refractivity contribution in [2.24, 2.45) is 0 Å². The highest BCUT2D eigenvalue weighted by Crippen LogP contribution is 2.23. The molecule has 1 fully saturated rings. The summed E-state index contributed by atoms with van der Waals surface area (Å²) in [6.07, 6.45) is 2.59. The van der Waals surface area contributed by atoms with Crippen LogP contribution in [0.2, 0.25) is 0 Å². The van der Waals surface area contributed by atoms with Gasteiger partial charge in [-0.25, -0.2) is 0 Å².